The summed E-state index contributed by atoms with van der Waals surface area (Å²) in [5.41, 5.74) is 2.01. The maximum absolute atomic E-state index is 12.3. The number of quaternary nitrogens is 1. The highest BCUT2D eigenvalue weighted by Crippen LogP contribution is 2.18. The summed E-state index contributed by atoms with van der Waals surface area (Å²) in [7, 11) is 0. The molecule has 0 radical (unpaired) electrons. The number of hydrogen-bond acceptors (Lipinski definition) is 4. The molecule has 1 aliphatic rings. The molecule has 0 bridgehead atoms. The number of carbonyl (C=O) groups is 1. The summed E-state index contributed by atoms with van der Waals surface area (Å²) in [6.07, 6.45) is 0.196. The van der Waals surface area contributed by atoms with E-state index in [9.17, 15) is 4.79 Å². The number of rotatable bonds is 3. The van der Waals surface area contributed by atoms with Crippen LogP contribution in [-0.4, -0.2) is 46.6 Å². The standard InChI is InChI=1S/C16H20N4O2/c1-11-4-3-5-13(8-11)16-18-14(19-22-16)9-15(21)20-7-6-17-12(2)10-20/h3-5,8,12,17H,6-7,9-10H2,1-2H3/p+1/t12-/m0/s1. The minimum atomic E-state index is 0.0662. The molecule has 2 aromatic rings. The first-order valence-corrected chi connectivity index (χ1v) is 7.62. The highest BCUT2D eigenvalue weighted by atomic mass is 16.5. The number of benzene rings is 1. The lowest BCUT2D eigenvalue weighted by molar-refractivity contribution is -0.693. The zero-order valence-corrected chi connectivity index (χ0v) is 13.0. The Hall–Kier alpha value is -2.21. The van der Waals surface area contributed by atoms with Crippen LogP contribution in [0.3, 0.4) is 0 Å². The van der Waals surface area contributed by atoms with Gasteiger partial charge in [-0.2, -0.15) is 4.98 Å². The van der Waals surface area contributed by atoms with E-state index in [2.05, 4.69) is 22.4 Å². The van der Waals surface area contributed by atoms with Crippen molar-refractivity contribution in [3.63, 3.8) is 0 Å². The number of carbonyl (C=O) groups excluding carboxylic acids is 1. The molecule has 0 spiro atoms. The van der Waals surface area contributed by atoms with Gasteiger partial charge in [0.05, 0.1) is 26.1 Å². The van der Waals surface area contributed by atoms with Gasteiger partial charge in [0.1, 0.15) is 6.04 Å². The van der Waals surface area contributed by atoms with Crippen LogP contribution in [0, 0.1) is 6.92 Å². The lowest BCUT2D eigenvalue weighted by atomic mass is 10.1. The van der Waals surface area contributed by atoms with E-state index in [0.717, 1.165) is 30.8 Å². The summed E-state index contributed by atoms with van der Waals surface area (Å²) in [6, 6.07) is 8.32. The van der Waals surface area contributed by atoms with Crippen LogP contribution >= 0.6 is 0 Å². The lowest BCUT2D eigenvalue weighted by Gasteiger charge is -2.29. The molecule has 2 heterocycles. The molecule has 1 atom stereocenters. The predicted octanol–water partition coefficient (Wildman–Crippen LogP) is 0.382. The van der Waals surface area contributed by atoms with E-state index in [-0.39, 0.29) is 12.3 Å². The Kier molecular flexibility index (Phi) is 4.20. The molecular formula is C16H21N4O2+. The number of nitrogens with two attached hydrogens (primary N) is 1. The first-order chi connectivity index (χ1) is 10.6. The normalized spacial score (nSPS) is 18.5. The molecule has 1 aliphatic heterocycles. The highest BCUT2D eigenvalue weighted by Gasteiger charge is 2.24. The van der Waals surface area contributed by atoms with Crippen molar-refractivity contribution in [1.82, 2.24) is 15.0 Å². The second-order valence-corrected chi connectivity index (χ2v) is 5.90. The summed E-state index contributed by atoms with van der Waals surface area (Å²) in [5, 5.41) is 6.19. The Morgan fingerprint density at radius 2 is 2.36 bits per heavy atom. The summed E-state index contributed by atoms with van der Waals surface area (Å²) in [4.78, 5) is 18.5. The van der Waals surface area contributed by atoms with Gasteiger partial charge in [-0.1, -0.05) is 22.9 Å². The van der Waals surface area contributed by atoms with Gasteiger partial charge < -0.3 is 14.7 Å². The smallest absolute Gasteiger partial charge is 0.257 e. The van der Waals surface area contributed by atoms with Crippen molar-refractivity contribution in [2.24, 2.45) is 0 Å². The van der Waals surface area contributed by atoms with Crippen LogP contribution in [0.5, 0.6) is 0 Å². The first kappa shape index (κ1) is 14.7. The minimum Gasteiger partial charge on any atom is -0.341 e. The van der Waals surface area contributed by atoms with E-state index in [4.69, 9.17) is 4.52 Å². The van der Waals surface area contributed by atoms with Crippen molar-refractivity contribution < 1.29 is 14.6 Å². The van der Waals surface area contributed by atoms with Crippen LogP contribution in [0.2, 0.25) is 0 Å². The van der Waals surface area contributed by atoms with Crippen molar-refractivity contribution in [2.75, 3.05) is 19.6 Å². The highest BCUT2D eigenvalue weighted by molar-refractivity contribution is 5.78. The van der Waals surface area contributed by atoms with Gasteiger partial charge in [-0.15, -0.1) is 0 Å². The predicted molar refractivity (Wildman–Crippen MR) is 81.0 cm³/mol. The van der Waals surface area contributed by atoms with E-state index in [0.29, 0.717) is 17.8 Å². The third kappa shape index (κ3) is 3.33. The quantitative estimate of drug-likeness (QED) is 0.889. The minimum absolute atomic E-state index is 0.0662. The molecule has 0 saturated carbocycles. The molecule has 0 unspecified atom stereocenters. The van der Waals surface area contributed by atoms with Crippen LogP contribution < -0.4 is 5.32 Å². The average Bonchev–Trinajstić information content (AvgIpc) is 2.96. The third-order valence-electron chi connectivity index (χ3n) is 3.87. The molecular weight excluding hydrogens is 280 g/mol. The summed E-state index contributed by atoms with van der Waals surface area (Å²) in [5.74, 6) is 0.979. The van der Waals surface area contributed by atoms with E-state index in [1.165, 1.54) is 0 Å². The molecule has 6 nitrogen and oxygen atoms in total. The maximum Gasteiger partial charge on any atom is 0.257 e. The van der Waals surface area contributed by atoms with E-state index in [1.807, 2.05) is 36.1 Å². The number of hydrogen-bond donors (Lipinski definition) is 1. The molecule has 1 aromatic heterocycles. The van der Waals surface area contributed by atoms with Crippen molar-refractivity contribution in [1.29, 1.82) is 0 Å². The maximum atomic E-state index is 12.3. The molecule has 1 fully saturated rings. The Labute approximate surface area is 129 Å². The molecule has 2 N–H and O–H groups in total. The van der Waals surface area contributed by atoms with Crippen LogP contribution in [0.4, 0.5) is 0 Å². The Balaban J connectivity index is 1.68. The van der Waals surface area contributed by atoms with Gasteiger partial charge in [-0.05, 0) is 26.0 Å². The summed E-state index contributed by atoms with van der Waals surface area (Å²) >= 11 is 0. The fraction of sp³-hybridized carbons (Fsp3) is 0.438. The number of aromatic nitrogens is 2. The van der Waals surface area contributed by atoms with Gasteiger partial charge in [0.2, 0.25) is 5.91 Å². The Bertz CT molecular complexity index is 668. The van der Waals surface area contributed by atoms with Gasteiger partial charge in [-0.3, -0.25) is 4.79 Å². The first-order valence-electron chi connectivity index (χ1n) is 7.62. The Morgan fingerprint density at radius 3 is 3.14 bits per heavy atom. The fourth-order valence-corrected chi connectivity index (χ4v) is 2.72. The summed E-state index contributed by atoms with van der Waals surface area (Å²) in [6.45, 7) is 6.66. The second-order valence-electron chi connectivity index (χ2n) is 5.90. The third-order valence-corrected chi connectivity index (χ3v) is 3.87. The number of amides is 1. The van der Waals surface area contributed by atoms with Gasteiger partial charge in [-0.25, -0.2) is 0 Å². The molecule has 6 heteroatoms. The van der Waals surface area contributed by atoms with Crippen molar-refractivity contribution in [3.8, 4) is 11.5 Å². The molecule has 3 rings (SSSR count). The van der Waals surface area contributed by atoms with Crippen molar-refractivity contribution in [3.05, 3.63) is 35.7 Å². The zero-order valence-electron chi connectivity index (χ0n) is 13.0. The molecule has 1 amide bonds. The van der Waals surface area contributed by atoms with Crippen LogP contribution in [0.15, 0.2) is 28.8 Å². The Morgan fingerprint density at radius 1 is 1.50 bits per heavy atom. The SMILES string of the molecule is Cc1cccc(-c2nc(CC(=O)N3CC[NH2+][C@@H](C)C3)no2)c1. The zero-order chi connectivity index (χ0) is 15.5. The van der Waals surface area contributed by atoms with Crippen LogP contribution in [-0.2, 0) is 11.2 Å². The van der Waals surface area contributed by atoms with Crippen molar-refractivity contribution >= 4 is 5.91 Å². The molecule has 1 saturated heterocycles. The lowest BCUT2D eigenvalue weighted by Crippen LogP contribution is -2.94. The molecule has 22 heavy (non-hydrogen) atoms. The second kappa shape index (κ2) is 6.27. The topological polar surface area (TPSA) is 75.8 Å². The van der Waals surface area contributed by atoms with E-state index in [1.54, 1.807) is 0 Å². The van der Waals surface area contributed by atoms with E-state index < -0.39 is 0 Å². The van der Waals surface area contributed by atoms with Crippen molar-refractivity contribution in [2.45, 2.75) is 26.3 Å². The largest absolute Gasteiger partial charge is 0.341 e. The van der Waals surface area contributed by atoms with Crippen LogP contribution in [0.25, 0.3) is 11.5 Å². The van der Waals surface area contributed by atoms with Gasteiger partial charge in [0, 0.05) is 5.56 Å². The number of piperazine rings is 1. The summed E-state index contributed by atoms with van der Waals surface area (Å²) < 4.78 is 5.28. The van der Waals surface area contributed by atoms with E-state index >= 15 is 0 Å². The molecule has 0 aliphatic carbocycles. The van der Waals surface area contributed by atoms with Gasteiger partial charge in [0.25, 0.3) is 5.89 Å². The molecule has 116 valence electrons. The average molecular weight is 301 g/mol. The fourth-order valence-electron chi connectivity index (χ4n) is 2.72. The number of aryl methyl sites for hydroxylation is 1. The molecule has 1 aromatic carbocycles. The monoisotopic (exact) mass is 301 g/mol. The van der Waals surface area contributed by atoms with Crippen LogP contribution in [0.1, 0.15) is 18.3 Å². The van der Waals surface area contributed by atoms with Gasteiger partial charge >= 0.3 is 0 Å². The number of nitrogens with zero attached hydrogens (tertiary/aromatic N) is 3. The van der Waals surface area contributed by atoms with Gasteiger partial charge in [0.15, 0.2) is 5.82 Å².